The van der Waals surface area contributed by atoms with Crippen LogP contribution in [-0.2, 0) is 0 Å². The lowest BCUT2D eigenvalue weighted by atomic mass is 10.00. The van der Waals surface area contributed by atoms with Gasteiger partial charge in [0.05, 0.1) is 24.2 Å². The Morgan fingerprint density at radius 1 is 1.06 bits per heavy atom. The van der Waals surface area contributed by atoms with Gasteiger partial charge in [0.15, 0.2) is 18.1 Å². The summed E-state index contributed by atoms with van der Waals surface area (Å²) < 4.78 is 6.45. The number of nitrogens with zero attached hydrogens (tertiary/aromatic N) is 2. The zero-order valence-electron chi connectivity index (χ0n) is 17.4. The van der Waals surface area contributed by atoms with E-state index in [4.69, 9.17) is 9.72 Å². The van der Waals surface area contributed by atoms with Crippen molar-refractivity contribution in [2.45, 2.75) is 19.4 Å². The molecule has 0 spiro atoms. The third-order valence-corrected chi connectivity index (χ3v) is 5.27. The van der Waals surface area contributed by atoms with Crippen LogP contribution in [0.4, 0.5) is 0 Å². The van der Waals surface area contributed by atoms with Gasteiger partial charge in [-0.2, -0.15) is 4.73 Å². The Morgan fingerprint density at radius 3 is 2.42 bits per heavy atom. The third kappa shape index (κ3) is 4.05. The van der Waals surface area contributed by atoms with E-state index < -0.39 is 0 Å². The molecule has 1 amide bonds. The minimum absolute atomic E-state index is 0.245. The van der Waals surface area contributed by atoms with Crippen LogP contribution >= 0.6 is 0 Å². The number of carbonyl (C=O) groups excluding carboxylic acids is 1. The van der Waals surface area contributed by atoms with Gasteiger partial charge < -0.3 is 15.3 Å². The number of hydrogen-bond donors (Lipinski definition) is 1. The molecule has 4 rings (SSSR count). The summed E-state index contributed by atoms with van der Waals surface area (Å²) in [5.74, 6) is 0.182. The molecule has 1 atom stereocenters. The number of aromatic nitrogens is 2. The van der Waals surface area contributed by atoms with Crippen LogP contribution in [0.5, 0.6) is 5.75 Å². The van der Waals surface area contributed by atoms with Crippen molar-refractivity contribution in [3.05, 3.63) is 95.5 Å². The van der Waals surface area contributed by atoms with Gasteiger partial charge in [-0.1, -0.05) is 55.5 Å². The average Bonchev–Trinajstić information content (AvgIpc) is 2.82. The second-order valence-corrected chi connectivity index (χ2v) is 7.18. The first-order chi connectivity index (χ1) is 15.1. The molecular weight excluding hydrogens is 390 g/mol. The van der Waals surface area contributed by atoms with Crippen LogP contribution in [0.25, 0.3) is 22.2 Å². The number of ether oxygens (including phenoxy) is 1. The van der Waals surface area contributed by atoms with Gasteiger partial charge in [-0.3, -0.25) is 4.79 Å². The summed E-state index contributed by atoms with van der Waals surface area (Å²) in [5, 5.41) is 15.2. The quantitative estimate of drug-likeness (QED) is 0.375. The zero-order valence-corrected chi connectivity index (χ0v) is 17.4. The number of carbonyl (C=O) groups is 1. The second kappa shape index (κ2) is 8.83. The van der Waals surface area contributed by atoms with Crippen LogP contribution in [0.2, 0.25) is 0 Å². The van der Waals surface area contributed by atoms with Gasteiger partial charge in [-0.15, -0.1) is 0 Å². The van der Waals surface area contributed by atoms with E-state index in [2.05, 4.69) is 5.32 Å². The number of hydrogen-bond acceptors (Lipinski definition) is 4. The molecule has 4 aromatic rings. The molecule has 6 heteroatoms. The topological polar surface area (TPSA) is 78.2 Å². The number of para-hydroxylation sites is 1. The van der Waals surface area contributed by atoms with E-state index in [1.807, 2.05) is 61.5 Å². The summed E-state index contributed by atoms with van der Waals surface area (Å²) in [7, 11) is 1.55. The lowest BCUT2D eigenvalue weighted by molar-refractivity contribution is -0.605. The predicted octanol–water partition coefficient (Wildman–Crippen LogP) is 4.42. The monoisotopic (exact) mass is 413 g/mol. The molecular formula is C25H23N3O3. The number of benzene rings is 2. The molecule has 1 N–H and O–H groups in total. The molecule has 0 aliphatic heterocycles. The van der Waals surface area contributed by atoms with E-state index in [-0.39, 0.29) is 11.9 Å². The molecule has 2 aromatic carbocycles. The predicted molar refractivity (Wildman–Crippen MR) is 120 cm³/mol. The lowest BCUT2D eigenvalue weighted by Crippen LogP contribution is -2.30. The van der Waals surface area contributed by atoms with E-state index in [1.54, 1.807) is 19.2 Å². The fourth-order valence-electron chi connectivity index (χ4n) is 3.72. The van der Waals surface area contributed by atoms with E-state index in [1.165, 1.54) is 12.4 Å². The number of pyridine rings is 2. The summed E-state index contributed by atoms with van der Waals surface area (Å²) >= 11 is 0. The summed E-state index contributed by atoms with van der Waals surface area (Å²) in [6, 6.07) is 20.4. The van der Waals surface area contributed by atoms with Gasteiger partial charge in [0, 0.05) is 23.1 Å². The van der Waals surface area contributed by atoms with Crippen molar-refractivity contribution in [3.8, 4) is 17.0 Å². The van der Waals surface area contributed by atoms with E-state index in [9.17, 15) is 10.0 Å². The Labute approximate surface area is 180 Å². The van der Waals surface area contributed by atoms with Gasteiger partial charge in [-0.05, 0) is 18.1 Å². The van der Waals surface area contributed by atoms with Crippen molar-refractivity contribution >= 4 is 16.8 Å². The average molecular weight is 413 g/mol. The molecule has 6 nitrogen and oxygen atoms in total. The molecule has 0 saturated carbocycles. The van der Waals surface area contributed by atoms with Gasteiger partial charge in [-0.25, -0.2) is 4.98 Å². The van der Waals surface area contributed by atoms with Gasteiger partial charge in [0.25, 0.3) is 5.91 Å². The van der Waals surface area contributed by atoms with Crippen LogP contribution in [0.3, 0.4) is 0 Å². The highest BCUT2D eigenvalue weighted by Crippen LogP contribution is 2.36. The summed E-state index contributed by atoms with van der Waals surface area (Å²) in [6.07, 6.45) is 3.53. The Kier molecular flexibility index (Phi) is 5.80. The summed E-state index contributed by atoms with van der Waals surface area (Å²) in [4.78, 5) is 18.3. The molecule has 0 aliphatic carbocycles. The highest BCUT2D eigenvalue weighted by Gasteiger charge is 2.24. The van der Waals surface area contributed by atoms with Crippen LogP contribution < -0.4 is 14.8 Å². The van der Waals surface area contributed by atoms with Crippen molar-refractivity contribution in [2.24, 2.45) is 0 Å². The van der Waals surface area contributed by atoms with Crippen molar-refractivity contribution in [1.82, 2.24) is 10.3 Å². The van der Waals surface area contributed by atoms with Crippen molar-refractivity contribution in [1.29, 1.82) is 0 Å². The first kappa shape index (κ1) is 20.3. The number of fused-ring (bicyclic) bond motifs is 1. The Bertz CT molecular complexity index is 1210. The Hall–Kier alpha value is -3.93. The summed E-state index contributed by atoms with van der Waals surface area (Å²) in [5.41, 5.74) is 3.51. The number of methoxy groups -OCH3 is 1. The first-order valence-electron chi connectivity index (χ1n) is 10.1. The largest absolute Gasteiger partial charge is 0.619 e. The highest BCUT2D eigenvalue weighted by molar-refractivity contribution is 6.10. The first-order valence-corrected chi connectivity index (χ1v) is 10.1. The number of nitrogens with one attached hydrogen (secondary N) is 1. The maximum Gasteiger partial charge on any atom is 0.256 e. The minimum Gasteiger partial charge on any atom is -0.619 e. The van der Waals surface area contributed by atoms with Crippen LogP contribution in [-0.4, -0.2) is 18.0 Å². The fourth-order valence-corrected chi connectivity index (χ4v) is 3.72. The van der Waals surface area contributed by atoms with Gasteiger partial charge in [0.2, 0.25) is 0 Å². The Balaban J connectivity index is 1.83. The molecule has 0 radical (unpaired) electrons. The standard InChI is InChI=1S/C25H23N3O3/c1-3-20(17-13-15-28(30)16-14-17)27-25(29)22-19-11-7-8-12-21(19)26-23(24(22)31-2)18-9-5-4-6-10-18/h4-16,20H,3H2,1-2H3,(H,27,29). The molecule has 156 valence electrons. The highest BCUT2D eigenvalue weighted by atomic mass is 16.5. The van der Waals surface area contributed by atoms with Gasteiger partial charge in [0.1, 0.15) is 5.69 Å². The molecule has 2 aromatic heterocycles. The van der Waals surface area contributed by atoms with Crippen LogP contribution in [0.15, 0.2) is 79.1 Å². The molecule has 2 heterocycles. The number of rotatable bonds is 6. The Morgan fingerprint density at radius 2 is 1.74 bits per heavy atom. The third-order valence-electron chi connectivity index (χ3n) is 5.27. The van der Waals surface area contributed by atoms with E-state index in [0.29, 0.717) is 28.9 Å². The molecule has 1 unspecified atom stereocenters. The van der Waals surface area contributed by atoms with E-state index >= 15 is 0 Å². The lowest BCUT2D eigenvalue weighted by Gasteiger charge is -2.20. The normalized spacial score (nSPS) is 11.8. The fraction of sp³-hybridized carbons (Fsp3) is 0.160. The SMILES string of the molecule is CCC(NC(=O)c1c(OC)c(-c2ccccc2)nc2ccccc12)c1cc[n+]([O-])cc1. The maximum atomic E-state index is 13.5. The smallest absolute Gasteiger partial charge is 0.256 e. The minimum atomic E-state index is -0.252. The molecule has 0 fully saturated rings. The van der Waals surface area contributed by atoms with Crippen LogP contribution in [0, 0.1) is 5.21 Å². The molecule has 0 aliphatic rings. The van der Waals surface area contributed by atoms with Crippen molar-refractivity contribution in [2.75, 3.05) is 7.11 Å². The van der Waals surface area contributed by atoms with E-state index in [0.717, 1.165) is 21.2 Å². The zero-order chi connectivity index (χ0) is 21.8. The van der Waals surface area contributed by atoms with Gasteiger partial charge >= 0.3 is 0 Å². The molecule has 0 saturated heterocycles. The number of amides is 1. The molecule has 0 bridgehead atoms. The van der Waals surface area contributed by atoms with Crippen molar-refractivity contribution < 1.29 is 14.3 Å². The summed E-state index contributed by atoms with van der Waals surface area (Å²) in [6.45, 7) is 1.99. The molecule has 31 heavy (non-hydrogen) atoms. The van der Waals surface area contributed by atoms with Crippen molar-refractivity contribution in [3.63, 3.8) is 0 Å². The van der Waals surface area contributed by atoms with Crippen LogP contribution in [0.1, 0.15) is 35.3 Å². The second-order valence-electron chi connectivity index (χ2n) is 7.18. The maximum absolute atomic E-state index is 13.5.